The second kappa shape index (κ2) is 12.4. The molecular weight excluding hydrogens is 569 g/mol. The van der Waals surface area contributed by atoms with Crippen LogP contribution in [-0.2, 0) is 4.79 Å². The lowest BCUT2D eigenvalue weighted by Gasteiger charge is -2.43. The van der Waals surface area contributed by atoms with E-state index in [1.165, 1.54) is 0 Å². The lowest BCUT2D eigenvalue weighted by Crippen LogP contribution is -2.53. The molecule has 10 heteroatoms. The molecule has 1 fully saturated rings. The Balaban J connectivity index is 1.84. The van der Waals surface area contributed by atoms with Gasteiger partial charge in [-0.3, -0.25) is 9.79 Å². The van der Waals surface area contributed by atoms with Gasteiger partial charge in [-0.25, -0.2) is 9.79 Å². The summed E-state index contributed by atoms with van der Waals surface area (Å²) in [6.07, 6.45) is 8.49. The number of carboxylic acid groups (broad SMARTS) is 2. The largest absolute Gasteiger partial charge is 0.481 e. The van der Waals surface area contributed by atoms with Crippen molar-refractivity contribution in [3.05, 3.63) is 69.7 Å². The average molecular weight is 603 g/mol. The van der Waals surface area contributed by atoms with Crippen molar-refractivity contribution < 1.29 is 19.8 Å². The maximum Gasteiger partial charge on any atom is 0.335 e. The molecule has 1 aliphatic carbocycles. The number of hydrogen-bond donors (Lipinski definition) is 2. The summed E-state index contributed by atoms with van der Waals surface area (Å²) in [4.78, 5) is 35.6. The summed E-state index contributed by atoms with van der Waals surface area (Å²) in [6, 6.07) is 11.8. The highest BCUT2D eigenvalue weighted by molar-refractivity contribution is 8.14. The van der Waals surface area contributed by atoms with E-state index in [4.69, 9.17) is 33.2 Å². The number of aliphatic carboxylic acids is 1. The number of thioether (sulfide) groups is 1. The number of carbonyl (C=O) groups is 2. The topological polar surface area (TPSA) is 103 Å². The molecule has 40 heavy (non-hydrogen) atoms. The molecule has 4 rings (SSSR count). The Morgan fingerprint density at radius 1 is 1.12 bits per heavy atom. The summed E-state index contributed by atoms with van der Waals surface area (Å²) >= 11 is 13.6. The number of rotatable bonds is 7. The van der Waals surface area contributed by atoms with Gasteiger partial charge in [-0.2, -0.15) is 0 Å². The Kier molecular flexibility index (Phi) is 9.33. The van der Waals surface area contributed by atoms with Crippen molar-refractivity contribution in [2.75, 3.05) is 10.7 Å². The molecule has 1 saturated carbocycles. The standard InChI is InChI=1S/C30H33Cl2N3O4S/c1-29(2,3)24(13-11-19-10-12-21(31)17-23(19)32)33-27-30(14-5-4-6-15-30)35(28(34-27)40-18-25(36)37)22-9-7-8-20(16-22)26(38)39/h7-13,16-17,24H,4-6,14-15,18H2,1-3H3,(H,36,37)(H,38,39). The van der Waals surface area contributed by atoms with E-state index in [1.807, 2.05) is 29.2 Å². The number of aromatic carboxylic acids is 1. The van der Waals surface area contributed by atoms with Crippen LogP contribution in [0.4, 0.5) is 5.69 Å². The van der Waals surface area contributed by atoms with E-state index in [0.717, 1.165) is 49.4 Å². The molecule has 2 aromatic carbocycles. The molecule has 1 unspecified atom stereocenters. The predicted molar refractivity (Wildman–Crippen MR) is 165 cm³/mol. The minimum Gasteiger partial charge on any atom is -0.481 e. The number of hydrogen-bond acceptors (Lipinski definition) is 5. The van der Waals surface area contributed by atoms with Crippen molar-refractivity contribution in [3.8, 4) is 0 Å². The third-order valence-corrected chi connectivity index (χ3v) is 8.65. The minimum absolute atomic E-state index is 0.159. The van der Waals surface area contributed by atoms with Crippen LogP contribution in [-0.4, -0.2) is 50.5 Å². The third kappa shape index (κ3) is 6.73. The number of carboxylic acids is 2. The van der Waals surface area contributed by atoms with E-state index in [9.17, 15) is 19.8 Å². The fourth-order valence-electron chi connectivity index (χ4n) is 5.11. The SMILES string of the molecule is CC(C)(C)C(C=Cc1ccc(Cl)cc1Cl)N=C1N=C(SCC(=O)O)N(c2cccc(C(=O)O)c2)C12CCCCC2. The number of anilines is 1. The van der Waals surface area contributed by atoms with Crippen molar-refractivity contribution in [2.24, 2.45) is 15.4 Å². The van der Waals surface area contributed by atoms with E-state index in [0.29, 0.717) is 26.7 Å². The van der Waals surface area contributed by atoms with Gasteiger partial charge in [-0.15, -0.1) is 0 Å². The average Bonchev–Trinajstić information content (AvgIpc) is 3.17. The van der Waals surface area contributed by atoms with Crippen molar-refractivity contribution in [1.29, 1.82) is 0 Å². The fourth-order valence-corrected chi connectivity index (χ4v) is 6.39. The van der Waals surface area contributed by atoms with Crippen LogP contribution in [0.25, 0.3) is 6.08 Å². The van der Waals surface area contributed by atoms with E-state index in [1.54, 1.807) is 30.3 Å². The summed E-state index contributed by atoms with van der Waals surface area (Å²) in [5, 5.41) is 20.7. The van der Waals surface area contributed by atoms with Crippen LogP contribution in [0.1, 0.15) is 68.8 Å². The minimum atomic E-state index is -1.02. The lowest BCUT2D eigenvalue weighted by molar-refractivity contribution is -0.133. The van der Waals surface area contributed by atoms with E-state index in [2.05, 4.69) is 20.8 Å². The van der Waals surface area contributed by atoms with E-state index < -0.39 is 17.5 Å². The van der Waals surface area contributed by atoms with Gasteiger partial charge in [0.2, 0.25) is 0 Å². The molecular formula is C30H33Cl2N3O4S. The number of nitrogens with zero attached hydrogens (tertiary/aromatic N) is 3. The first kappa shape index (κ1) is 30.2. The Morgan fingerprint density at radius 2 is 1.85 bits per heavy atom. The Hall–Kier alpha value is -2.81. The summed E-state index contributed by atoms with van der Waals surface area (Å²) in [5.74, 6) is -1.50. The van der Waals surface area contributed by atoms with Gasteiger partial charge in [0.15, 0.2) is 11.0 Å². The van der Waals surface area contributed by atoms with E-state index >= 15 is 0 Å². The first-order valence-corrected chi connectivity index (χ1v) is 14.9. The van der Waals surface area contributed by atoms with Crippen molar-refractivity contribution in [2.45, 2.75) is 64.5 Å². The monoisotopic (exact) mass is 601 g/mol. The second-order valence-corrected chi connectivity index (χ2v) is 12.9. The third-order valence-electron chi connectivity index (χ3n) is 7.16. The molecule has 2 N–H and O–H groups in total. The molecule has 0 radical (unpaired) electrons. The van der Waals surface area contributed by atoms with Gasteiger partial charge in [0.25, 0.3) is 0 Å². The molecule has 2 aromatic rings. The number of benzene rings is 2. The maximum absolute atomic E-state index is 11.8. The highest BCUT2D eigenvalue weighted by Gasteiger charge is 2.50. The van der Waals surface area contributed by atoms with Crippen LogP contribution < -0.4 is 4.90 Å². The van der Waals surface area contributed by atoms with Crippen LogP contribution in [0.15, 0.2) is 58.5 Å². The lowest BCUT2D eigenvalue weighted by atomic mass is 9.79. The normalized spacial score (nSPS) is 18.9. The first-order chi connectivity index (χ1) is 18.9. The molecule has 7 nitrogen and oxygen atoms in total. The summed E-state index contributed by atoms with van der Waals surface area (Å²) < 4.78 is 0. The van der Waals surface area contributed by atoms with Crippen LogP contribution in [0.5, 0.6) is 0 Å². The van der Waals surface area contributed by atoms with Crippen LogP contribution in [0, 0.1) is 5.41 Å². The zero-order valence-electron chi connectivity index (χ0n) is 22.7. The smallest absolute Gasteiger partial charge is 0.335 e. The van der Waals surface area contributed by atoms with Crippen molar-refractivity contribution in [1.82, 2.24) is 0 Å². The molecule has 1 heterocycles. The van der Waals surface area contributed by atoms with Gasteiger partial charge < -0.3 is 15.1 Å². The number of amidine groups is 2. The molecule has 2 aliphatic rings. The second-order valence-electron chi connectivity index (χ2n) is 11.1. The van der Waals surface area contributed by atoms with Gasteiger partial charge >= 0.3 is 11.9 Å². The maximum atomic E-state index is 11.8. The molecule has 1 aliphatic heterocycles. The van der Waals surface area contributed by atoms with Gasteiger partial charge in [0.1, 0.15) is 5.54 Å². The Labute approximate surface area is 249 Å². The van der Waals surface area contributed by atoms with Crippen molar-refractivity contribution >= 4 is 69.7 Å². The molecule has 0 aromatic heterocycles. The Morgan fingerprint density at radius 3 is 2.48 bits per heavy atom. The summed E-state index contributed by atoms with van der Waals surface area (Å²) in [7, 11) is 0. The van der Waals surface area contributed by atoms with Crippen LogP contribution in [0.2, 0.25) is 10.0 Å². The van der Waals surface area contributed by atoms with Crippen LogP contribution in [0.3, 0.4) is 0 Å². The summed E-state index contributed by atoms with van der Waals surface area (Å²) in [6.45, 7) is 6.32. The van der Waals surface area contributed by atoms with Gasteiger partial charge in [-0.1, -0.05) is 99.3 Å². The fraction of sp³-hybridized carbons (Fsp3) is 0.400. The molecule has 212 valence electrons. The highest BCUT2D eigenvalue weighted by atomic mass is 35.5. The zero-order chi connectivity index (χ0) is 29.1. The Bertz CT molecular complexity index is 1380. The van der Waals surface area contributed by atoms with Crippen molar-refractivity contribution in [3.63, 3.8) is 0 Å². The highest BCUT2D eigenvalue weighted by Crippen LogP contribution is 2.45. The molecule has 0 amide bonds. The molecule has 0 saturated heterocycles. The van der Waals surface area contributed by atoms with Gasteiger partial charge in [0.05, 0.1) is 17.4 Å². The van der Waals surface area contributed by atoms with Gasteiger partial charge in [-0.05, 0) is 54.2 Å². The number of aliphatic imine (C=N–C) groups is 2. The summed E-state index contributed by atoms with van der Waals surface area (Å²) in [5.41, 5.74) is 0.781. The van der Waals surface area contributed by atoms with E-state index in [-0.39, 0.29) is 22.8 Å². The quantitative estimate of drug-likeness (QED) is 0.334. The van der Waals surface area contributed by atoms with Crippen LogP contribution >= 0.6 is 35.0 Å². The predicted octanol–water partition coefficient (Wildman–Crippen LogP) is 7.91. The van der Waals surface area contributed by atoms with Gasteiger partial charge in [0, 0.05) is 15.7 Å². The zero-order valence-corrected chi connectivity index (χ0v) is 25.1. The first-order valence-electron chi connectivity index (χ1n) is 13.2. The molecule has 1 spiro atoms. The molecule has 1 atom stereocenters. The number of halogens is 2. The molecule has 0 bridgehead atoms.